The van der Waals surface area contributed by atoms with Crippen LogP contribution in [0.3, 0.4) is 0 Å². The van der Waals surface area contributed by atoms with Gasteiger partial charge in [0.05, 0.1) is 23.4 Å². The number of aromatic nitrogens is 3. The molecule has 3 aromatic rings. The molecule has 3 rings (SSSR count). The molecule has 92 valence electrons. The van der Waals surface area contributed by atoms with E-state index in [0.29, 0.717) is 11.9 Å². The average Bonchev–Trinajstić information content (AvgIpc) is 2.86. The van der Waals surface area contributed by atoms with E-state index in [4.69, 9.17) is 0 Å². The second kappa shape index (κ2) is 3.98. The van der Waals surface area contributed by atoms with Gasteiger partial charge in [-0.15, -0.1) is 0 Å². The smallest absolute Gasteiger partial charge is 0.132 e. The van der Waals surface area contributed by atoms with Crippen molar-refractivity contribution in [3.8, 4) is 0 Å². The Morgan fingerprint density at radius 3 is 2.83 bits per heavy atom. The Hall–Kier alpha value is -2.10. The van der Waals surface area contributed by atoms with Crippen LogP contribution in [0.15, 0.2) is 36.5 Å². The Balaban J connectivity index is 2.05. The van der Waals surface area contributed by atoms with Gasteiger partial charge < -0.3 is 4.57 Å². The lowest BCUT2D eigenvalue weighted by molar-refractivity contribution is 0.639. The predicted octanol–water partition coefficient (Wildman–Crippen LogP) is 2.87. The first kappa shape index (κ1) is 11.0. The molecular weight excluding hydrogens is 229 g/mol. The Bertz CT molecular complexity index is 709. The van der Waals surface area contributed by atoms with Crippen molar-refractivity contribution in [2.45, 2.75) is 13.5 Å². The van der Waals surface area contributed by atoms with Crippen molar-refractivity contribution in [2.24, 2.45) is 7.05 Å². The topological polar surface area (TPSA) is 22.8 Å². The molecule has 0 bridgehead atoms. The summed E-state index contributed by atoms with van der Waals surface area (Å²) in [6.45, 7) is 2.67. The summed E-state index contributed by atoms with van der Waals surface area (Å²) >= 11 is 0. The lowest BCUT2D eigenvalue weighted by Gasteiger charge is -2.05. The predicted molar refractivity (Wildman–Crippen MR) is 68.9 cm³/mol. The molecule has 0 atom stereocenters. The summed E-state index contributed by atoms with van der Waals surface area (Å²) in [5.41, 5.74) is 3.01. The van der Waals surface area contributed by atoms with Crippen molar-refractivity contribution < 1.29 is 4.39 Å². The molecule has 0 unspecified atom stereocenters. The fourth-order valence-electron chi connectivity index (χ4n) is 2.31. The van der Waals surface area contributed by atoms with E-state index >= 15 is 0 Å². The zero-order valence-electron chi connectivity index (χ0n) is 10.4. The summed E-state index contributed by atoms with van der Waals surface area (Å²) in [6.07, 6.45) is 1.91. The zero-order chi connectivity index (χ0) is 12.7. The molecule has 4 heteroatoms. The van der Waals surface area contributed by atoms with Crippen LogP contribution < -0.4 is 0 Å². The highest BCUT2D eigenvalue weighted by molar-refractivity contribution is 5.80. The van der Waals surface area contributed by atoms with Crippen molar-refractivity contribution in [1.29, 1.82) is 0 Å². The number of nitrogens with zero attached hydrogens (tertiary/aromatic N) is 3. The van der Waals surface area contributed by atoms with Crippen LogP contribution in [-0.2, 0) is 13.6 Å². The molecule has 3 nitrogen and oxygen atoms in total. The van der Waals surface area contributed by atoms with Crippen molar-refractivity contribution in [3.63, 3.8) is 0 Å². The van der Waals surface area contributed by atoms with Crippen LogP contribution in [0.25, 0.3) is 10.9 Å². The van der Waals surface area contributed by atoms with Crippen LogP contribution in [0, 0.1) is 12.7 Å². The minimum Gasteiger partial charge on any atom is -0.341 e. The summed E-state index contributed by atoms with van der Waals surface area (Å²) in [7, 11) is 1.93. The molecule has 0 saturated carbocycles. The molecule has 0 saturated heterocycles. The summed E-state index contributed by atoms with van der Waals surface area (Å²) in [4.78, 5) is 0. The maximum absolute atomic E-state index is 13.6. The highest BCUT2D eigenvalue weighted by Gasteiger charge is 2.07. The van der Waals surface area contributed by atoms with Crippen LogP contribution >= 0.6 is 0 Å². The molecule has 0 amide bonds. The van der Waals surface area contributed by atoms with Gasteiger partial charge in [0.15, 0.2) is 0 Å². The number of fused-ring (bicyclic) bond motifs is 1. The van der Waals surface area contributed by atoms with Gasteiger partial charge in [-0.2, -0.15) is 5.10 Å². The van der Waals surface area contributed by atoms with Gasteiger partial charge in [0.25, 0.3) is 0 Å². The molecular formula is C14H14FN3. The third kappa shape index (κ3) is 1.70. The second-order valence-corrected chi connectivity index (χ2v) is 4.52. The van der Waals surface area contributed by atoms with Gasteiger partial charge >= 0.3 is 0 Å². The molecule has 0 aliphatic heterocycles. The maximum Gasteiger partial charge on any atom is 0.132 e. The number of hydrogen-bond donors (Lipinski definition) is 0. The molecule has 0 radical (unpaired) electrons. The van der Waals surface area contributed by atoms with Gasteiger partial charge in [0.2, 0.25) is 0 Å². The number of hydrogen-bond acceptors (Lipinski definition) is 1. The van der Waals surface area contributed by atoms with Crippen LogP contribution in [0.1, 0.15) is 11.4 Å². The third-order valence-corrected chi connectivity index (χ3v) is 3.19. The Labute approximate surface area is 104 Å². The van der Waals surface area contributed by atoms with Gasteiger partial charge in [-0.25, -0.2) is 4.39 Å². The minimum atomic E-state index is -0.174. The summed E-state index contributed by atoms with van der Waals surface area (Å²) in [6, 6.07) is 9.02. The van der Waals surface area contributed by atoms with E-state index in [1.807, 2.05) is 47.6 Å². The van der Waals surface area contributed by atoms with Crippen LogP contribution in [0.5, 0.6) is 0 Å². The van der Waals surface area contributed by atoms with E-state index < -0.39 is 0 Å². The maximum atomic E-state index is 13.6. The molecule has 0 aliphatic rings. The number of benzene rings is 1. The zero-order valence-corrected chi connectivity index (χ0v) is 10.4. The minimum absolute atomic E-state index is 0.174. The first-order chi connectivity index (χ1) is 8.65. The summed E-state index contributed by atoms with van der Waals surface area (Å²) < 4.78 is 17.5. The molecule has 2 aromatic heterocycles. The quantitative estimate of drug-likeness (QED) is 0.678. The van der Waals surface area contributed by atoms with Gasteiger partial charge in [-0.05, 0) is 31.2 Å². The van der Waals surface area contributed by atoms with E-state index in [1.165, 1.54) is 6.07 Å². The number of rotatable bonds is 2. The Morgan fingerprint density at radius 1 is 1.28 bits per heavy atom. The fraction of sp³-hybridized carbons (Fsp3) is 0.214. The lowest BCUT2D eigenvalue weighted by atomic mass is 10.2. The molecule has 0 fully saturated rings. The highest BCUT2D eigenvalue weighted by atomic mass is 19.1. The monoisotopic (exact) mass is 243 g/mol. The third-order valence-electron chi connectivity index (χ3n) is 3.19. The second-order valence-electron chi connectivity index (χ2n) is 4.52. The van der Waals surface area contributed by atoms with Crippen LogP contribution in [0.2, 0.25) is 0 Å². The standard InChI is InChI=1S/C14H14FN3/c1-10-8-11(17(2)16-10)9-18-7-6-12-13(15)4-3-5-14(12)18/h3-8H,9H2,1-2H3. The van der Waals surface area contributed by atoms with Crippen molar-refractivity contribution in [1.82, 2.24) is 14.3 Å². The van der Waals surface area contributed by atoms with Crippen molar-refractivity contribution in [3.05, 3.63) is 53.7 Å². The van der Waals surface area contributed by atoms with Crippen LogP contribution in [-0.4, -0.2) is 14.3 Å². The van der Waals surface area contributed by atoms with Crippen LogP contribution in [0.4, 0.5) is 4.39 Å². The molecule has 2 heterocycles. The molecule has 0 spiro atoms. The SMILES string of the molecule is Cc1cc(Cn2ccc3c(F)cccc32)n(C)n1. The first-order valence-corrected chi connectivity index (χ1v) is 5.88. The normalized spacial score (nSPS) is 11.3. The van der Waals surface area contributed by atoms with E-state index in [-0.39, 0.29) is 5.82 Å². The molecule has 0 N–H and O–H groups in total. The lowest BCUT2D eigenvalue weighted by Crippen LogP contribution is -2.04. The van der Waals surface area contributed by atoms with E-state index in [9.17, 15) is 4.39 Å². The largest absolute Gasteiger partial charge is 0.341 e. The van der Waals surface area contributed by atoms with Gasteiger partial charge in [-0.1, -0.05) is 6.07 Å². The van der Waals surface area contributed by atoms with Gasteiger partial charge in [0, 0.05) is 18.6 Å². The van der Waals surface area contributed by atoms with Gasteiger partial charge in [-0.3, -0.25) is 4.68 Å². The first-order valence-electron chi connectivity index (χ1n) is 5.88. The fourth-order valence-corrected chi connectivity index (χ4v) is 2.31. The van der Waals surface area contributed by atoms with E-state index in [2.05, 4.69) is 5.10 Å². The Morgan fingerprint density at radius 2 is 2.11 bits per heavy atom. The molecule has 1 aromatic carbocycles. The molecule has 0 aliphatic carbocycles. The number of halogens is 1. The van der Waals surface area contributed by atoms with E-state index in [1.54, 1.807) is 6.07 Å². The Kier molecular flexibility index (Phi) is 2.44. The average molecular weight is 243 g/mol. The summed E-state index contributed by atoms with van der Waals surface area (Å²) in [5.74, 6) is -0.174. The highest BCUT2D eigenvalue weighted by Crippen LogP contribution is 2.20. The molecule has 18 heavy (non-hydrogen) atoms. The van der Waals surface area contributed by atoms with E-state index in [0.717, 1.165) is 16.9 Å². The van der Waals surface area contributed by atoms with Crippen molar-refractivity contribution >= 4 is 10.9 Å². The summed E-state index contributed by atoms with van der Waals surface area (Å²) in [5, 5.41) is 4.98. The van der Waals surface area contributed by atoms with Crippen molar-refractivity contribution in [2.75, 3.05) is 0 Å². The van der Waals surface area contributed by atoms with Gasteiger partial charge in [0.1, 0.15) is 5.82 Å². The number of aryl methyl sites for hydroxylation is 2.